The quantitative estimate of drug-likeness (QED) is 0.798. The second-order valence-corrected chi connectivity index (χ2v) is 7.67. The molecule has 1 unspecified atom stereocenters. The fourth-order valence-corrected chi connectivity index (χ4v) is 4.22. The number of likely N-dealkylation sites (N-methyl/N-ethyl adjacent to an activating group) is 1. The van der Waals surface area contributed by atoms with Gasteiger partial charge in [0.2, 0.25) is 5.91 Å². The molecule has 0 bridgehead atoms. The smallest absolute Gasteiger partial charge is 0.255 e. The zero-order chi connectivity index (χ0) is 19.1. The van der Waals surface area contributed by atoms with E-state index in [1.54, 1.807) is 28.8 Å². The van der Waals surface area contributed by atoms with E-state index in [-0.39, 0.29) is 11.8 Å². The molecular formula is C21H25N3O2S. The lowest BCUT2D eigenvalue weighted by atomic mass is 10.1. The molecule has 1 N–H and O–H groups in total. The molecular weight excluding hydrogens is 358 g/mol. The van der Waals surface area contributed by atoms with Gasteiger partial charge in [-0.25, -0.2) is 0 Å². The molecule has 6 heteroatoms. The maximum absolute atomic E-state index is 12.7. The normalized spacial score (nSPS) is 16.5. The van der Waals surface area contributed by atoms with Gasteiger partial charge < -0.3 is 15.1 Å². The molecule has 2 aromatic rings. The van der Waals surface area contributed by atoms with E-state index < -0.39 is 6.04 Å². The van der Waals surface area contributed by atoms with E-state index in [9.17, 15) is 9.59 Å². The van der Waals surface area contributed by atoms with Gasteiger partial charge in [0.1, 0.15) is 6.04 Å². The Morgan fingerprint density at radius 3 is 2.48 bits per heavy atom. The molecule has 1 heterocycles. The Bertz CT molecular complexity index is 755. The first-order valence-corrected chi connectivity index (χ1v) is 10.2. The summed E-state index contributed by atoms with van der Waals surface area (Å²) < 4.78 is 0. The first-order valence-electron chi connectivity index (χ1n) is 9.09. The minimum atomic E-state index is -0.401. The SMILES string of the molecule is CN(CCNC(=O)C1CSCN1C(=O)c1ccccc1)Cc1ccccc1. The monoisotopic (exact) mass is 383 g/mol. The summed E-state index contributed by atoms with van der Waals surface area (Å²) in [7, 11) is 2.04. The maximum atomic E-state index is 12.7. The molecule has 2 aromatic carbocycles. The number of carbonyl (C=O) groups is 2. The Morgan fingerprint density at radius 1 is 1.11 bits per heavy atom. The van der Waals surface area contributed by atoms with E-state index in [0.29, 0.717) is 23.7 Å². The van der Waals surface area contributed by atoms with Crippen LogP contribution >= 0.6 is 11.8 Å². The van der Waals surface area contributed by atoms with Crippen molar-refractivity contribution in [2.45, 2.75) is 12.6 Å². The summed E-state index contributed by atoms with van der Waals surface area (Å²) in [5, 5.41) is 2.99. The number of thioether (sulfide) groups is 1. The van der Waals surface area contributed by atoms with Gasteiger partial charge in [0.05, 0.1) is 5.88 Å². The largest absolute Gasteiger partial charge is 0.353 e. The van der Waals surface area contributed by atoms with Crippen LogP contribution < -0.4 is 5.32 Å². The zero-order valence-corrected chi connectivity index (χ0v) is 16.3. The molecule has 5 nitrogen and oxygen atoms in total. The summed E-state index contributed by atoms with van der Waals surface area (Å²) in [4.78, 5) is 29.1. The maximum Gasteiger partial charge on any atom is 0.255 e. The molecule has 0 aromatic heterocycles. The lowest BCUT2D eigenvalue weighted by Crippen LogP contribution is -2.48. The summed E-state index contributed by atoms with van der Waals surface area (Å²) in [6.45, 7) is 2.17. The Kier molecular flexibility index (Phi) is 6.90. The average molecular weight is 384 g/mol. The molecule has 142 valence electrons. The Hall–Kier alpha value is -2.31. The number of amides is 2. The minimum Gasteiger partial charge on any atom is -0.353 e. The van der Waals surface area contributed by atoms with Crippen molar-refractivity contribution >= 4 is 23.6 Å². The average Bonchev–Trinajstić information content (AvgIpc) is 3.18. The number of hydrogen-bond donors (Lipinski definition) is 1. The van der Waals surface area contributed by atoms with Crippen molar-refractivity contribution in [2.24, 2.45) is 0 Å². The van der Waals surface area contributed by atoms with Crippen molar-refractivity contribution in [1.82, 2.24) is 15.1 Å². The van der Waals surface area contributed by atoms with Crippen molar-refractivity contribution in [1.29, 1.82) is 0 Å². The van der Waals surface area contributed by atoms with E-state index in [4.69, 9.17) is 0 Å². The van der Waals surface area contributed by atoms with Gasteiger partial charge in [-0.15, -0.1) is 11.8 Å². The zero-order valence-electron chi connectivity index (χ0n) is 15.5. The fourth-order valence-electron chi connectivity index (χ4n) is 3.07. The van der Waals surface area contributed by atoms with E-state index >= 15 is 0 Å². The molecule has 3 rings (SSSR count). The van der Waals surface area contributed by atoms with E-state index in [1.807, 2.05) is 43.4 Å². The fraction of sp³-hybridized carbons (Fsp3) is 0.333. The Labute approximate surface area is 164 Å². The van der Waals surface area contributed by atoms with Crippen LogP contribution in [0.4, 0.5) is 0 Å². The van der Waals surface area contributed by atoms with Gasteiger partial charge >= 0.3 is 0 Å². The highest BCUT2D eigenvalue weighted by atomic mass is 32.2. The van der Waals surface area contributed by atoms with Gasteiger partial charge in [-0.1, -0.05) is 48.5 Å². The third-order valence-electron chi connectivity index (χ3n) is 4.55. The topological polar surface area (TPSA) is 52.7 Å². The van der Waals surface area contributed by atoms with E-state index in [0.717, 1.165) is 13.1 Å². The van der Waals surface area contributed by atoms with Crippen LogP contribution in [0.25, 0.3) is 0 Å². The summed E-state index contributed by atoms with van der Waals surface area (Å²) >= 11 is 1.62. The van der Waals surface area contributed by atoms with Crippen LogP contribution in [-0.4, -0.2) is 59.4 Å². The third-order valence-corrected chi connectivity index (χ3v) is 5.57. The van der Waals surface area contributed by atoms with E-state index in [2.05, 4.69) is 22.3 Å². The van der Waals surface area contributed by atoms with Crippen molar-refractivity contribution in [3.63, 3.8) is 0 Å². The number of benzene rings is 2. The molecule has 0 saturated carbocycles. The highest BCUT2D eigenvalue weighted by molar-refractivity contribution is 7.99. The molecule has 1 aliphatic rings. The van der Waals surface area contributed by atoms with Crippen LogP contribution in [0.15, 0.2) is 60.7 Å². The second kappa shape index (κ2) is 9.58. The number of hydrogen-bond acceptors (Lipinski definition) is 4. The van der Waals surface area contributed by atoms with Crippen LogP contribution in [0, 0.1) is 0 Å². The molecule has 0 aliphatic carbocycles. The lowest BCUT2D eigenvalue weighted by molar-refractivity contribution is -0.124. The number of nitrogens with one attached hydrogen (secondary N) is 1. The summed E-state index contributed by atoms with van der Waals surface area (Å²) in [6, 6.07) is 19.0. The molecule has 0 spiro atoms. The van der Waals surface area contributed by atoms with Crippen molar-refractivity contribution in [2.75, 3.05) is 31.8 Å². The third kappa shape index (κ3) is 5.34. The highest BCUT2D eigenvalue weighted by Gasteiger charge is 2.34. The lowest BCUT2D eigenvalue weighted by Gasteiger charge is -2.24. The van der Waals surface area contributed by atoms with Gasteiger partial charge in [0.25, 0.3) is 5.91 Å². The van der Waals surface area contributed by atoms with Gasteiger partial charge in [0.15, 0.2) is 0 Å². The Morgan fingerprint density at radius 2 is 1.78 bits per heavy atom. The number of carbonyl (C=O) groups excluding carboxylic acids is 2. The molecule has 1 saturated heterocycles. The minimum absolute atomic E-state index is 0.0719. The predicted octanol–water partition coefficient (Wildman–Crippen LogP) is 2.45. The molecule has 1 fully saturated rings. The molecule has 1 aliphatic heterocycles. The second-order valence-electron chi connectivity index (χ2n) is 6.67. The van der Waals surface area contributed by atoms with Crippen molar-refractivity contribution in [3.8, 4) is 0 Å². The van der Waals surface area contributed by atoms with Crippen LogP contribution in [0.5, 0.6) is 0 Å². The molecule has 0 radical (unpaired) electrons. The van der Waals surface area contributed by atoms with Crippen LogP contribution in [0.1, 0.15) is 15.9 Å². The first-order chi connectivity index (χ1) is 13.1. The standard InChI is InChI=1S/C21H25N3O2S/c1-23(14-17-8-4-2-5-9-17)13-12-22-20(25)19-15-27-16-24(19)21(26)18-10-6-3-7-11-18/h2-11,19H,12-16H2,1H3,(H,22,25). The van der Waals surface area contributed by atoms with Gasteiger partial charge in [-0.2, -0.15) is 0 Å². The molecule has 2 amide bonds. The van der Waals surface area contributed by atoms with Gasteiger partial charge in [-0.3, -0.25) is 9.59 Å². The van der Waals surface area contributed by atoms with Gasteiger partial charge in [0, 0.05) is 31.0 Å². The Balaban J connectivity index is 1.48. The van der Waals surface area contributed by atoms with Crippen LogP contribution in [0.2, 0.25) is 0 Å². The summed E-state index contributed by atoms with van der Waals surface area (Å²) in [5.74, 6) is 1.05. The molecule has 1 atom stereocenters. The van der Waals surface area contributed by atoms with Crippen molar-refractivity contribution in [3.05, 3.63) is 71.8 Å². The van der Waals surface area contributed by atoms with Crippen LogP contribution in [-0.2, 0) is 11.3 Å². The molecule has 27 heavy (non-hydrogen) atoms. The van der Waals surface area contributed by atoms with Gasteiger partial charge in [-0.05, 0) is 24.7 Å². The highest BCUT2D eigenvalue weighted by Crippen LogP contribution is 2.23. The predicted molar refractivity (Wildman–Crippen MR) is 110 cm³/mol. The number of rotatable bonds is 7. The summed E-state index contributed by atoms with van der Waals surface area (Å²) in [6.07, 6.45) is 0. The number of nitrogens with zero attached hydrogens (tertiary/aromatic N) is 2. The van der Waals surface area contributed by atoms with Crippen molar-refractivity contribution < 1.29 is 9.59 Å². The van der Waals surface area contributed by atoms with Crippen LogP contribution in [0.3, 0.4) is 0 Å². The first kappa shape index (κ1) is 19.5. The summed E-state index contributed by atoms with van der Waals surface area (Å²) in [5.41, 5.74) is 1.87. The van der Waals surface area contributed by atoms with E-state index in [1.165, 1.54) is 5.56 Å².